The van der Waals surface area contributed by atoms with E-state index in [0.29, 0.717) is 9.26 Å². The predicted molar refractivity (Wildman–Crippen MR) is 62.9 cm³/mol. The molecule has 0 spiro atoms. The van der Waals surface area contributed by atoms with Crippen molar-refractivity contribution >= 4 is 28.3 Å². The Labute approximate surface area is 103 Å². The Morgan fingerprint density at radius 2 is 2.25 bits per heavy atom. The van der Waals surface area contributed by atoms with Crippen molar-refractivity contribution in [3.05, 3.63) is 50.1 Å². The van der Waals surface area contributed by atoms with Gasteiger partial charge in [-0.25, -0.2) is 9.07 Å². The Morgan fingerprint density at radius 1 is 1.50 bits per heavy atom. The summed E-state index contributed by atoms with van der Waals surface area (Å²) in [5.74, 6) is -0.451. The van der Waals surface area contributed by atoms with Crippen molar-refractivity contribution < 1.29 is 9.31 Å². The number of hydrogen-bond donors (Lipinski definition) is 0. The van der Waals surface area contributed by atoms with Crippen LogP contribution in [0.5, 0.6) is 0 Å². The molecule has 0 atom stereocenters. The Morgan fingerprint density at radius 3 is 2.75 bits per heavy atom. The largest absolute Gasteiger partial charge is 0.282 e. The van der Waals surface area contributed by atoms with Crippen LogP contribution in [0.4, 0.5) is 10.1 Å². The minimum atomic E-state index is -0.463. The van der Waals surface area contributed by atoms with E-state index in [1.54, 1.807) is 6.07 Å². The van der Waals surface area contributed by atoms with Gasteiger partial charge in [0.1, 0.15) is 0 Å². The van der Waals surface area contributed by atoms with Crippen molar-refractivity contribution in [3.63, 3.8) is 0 Å². The molecular formula is C9H5FIN3O2. The zero-order valence-electron chi connectivity index (χ0n) is 7.80. The lowest BCUT2D eigenvalue weighted by Gasteiger charge is -2.01. The van der Waals surface area contributed by atoms with Crippen LogP contribution in [-0.4, -0.2) is 14.7 Å². The molecule has 1 aromatic heterocycles. The number of rotatable bonds is 2. The molecule has 16 heavy (non-hydrogen) atoms. The van der Waals surface area contributed by atoms with Gasteiger partial charge in [0.25, 0.3) is 5.69 Å². The molecule has 82 valence electrons. The monoisotopic (exact) mass is 333 g/mol. The molecule has 0 saturated carbocycles. The van der Waals surface area contributed by atoms with Crippen LogP contribution in [0.3, 0.4) is 0 Å². The topological polar surface area (TPSA) is 61.0 Å². The molecule has 0 aliphatic carbocycles. The van der Waals surface area contributed by atoms with Gasteiger partial charge in [-0.2, -0.15) is 5.10 Å². The minimum Gasteiger partial charge on any atom is -0.258 e. The van der Waals surface area contributed by atoms with Gasteiger partial charge in [0.05, 0.1) is 26.6 Å². The third-order valence-corrected chi connectivity index (χ3v) is 2.81. The molecule has 1 aromatic carbocycles. The molecular weight excluding hydrogens is 328 g/mol. The van der Waals surface area contributed by atoms with Crippen LogP contribution >= 0.6 is 22.6 Å². The van der Waals surface area contributed by atoms with Crippen LogP contribution in [0.25, 0.3) is 5.69 Å². The molecule has 1 heterocycles. The second kappa shape index (κ2) is 4.16. The number of aromatic nitrogens is 2. The third kappa shape index (κ3) is 2.03. The average molecular weight is 333 g/mol. The van der Waals surface area contributed by atoms with E-state index in [2.05, 4.69) is 5.10 Å². The molecule has 2 aromatic rings. The van der Waals surface area contributed by atoms with E-state index in [1.807, 2.05) is 22.6 Å². The highest BCUT2D eigenvalue weighted by atomic mass is 127. The molecule has 0 amide bonds. The fraction of sp³-hybridized carbons (Fsp3) is 0. The van der Waals surface area contributed by atoms with Gasteiger partial charge in [-0.3, -0.25) is 10.1 Å². The van der Waals surface area contributed by atoms with E-state index in [9.17, 15) is 14.5 Å². The molecule has 2 rings (SSSR count). The SMILES string of the molecule is O=[N+]([O-])c1ccc(-n2cc(F)cn2)cc1I. The molecule has 0 N–H and O–H groups in total. The smallest absolute Gasteiger partial charge is 0.258 e. The molecule has 0 aliphatic rings. The number of hydrogen-bond acceptors (Lipinski definition) is 3. The highest BCUT2D eigenvalue weighted by Gasteiger charge is 2.12. The maximum atomic E-state index is 12.7. The lowest BCUT2D eigenvalue weighted by molar-refractivity contribution is -0.385. The maximum absolute atomic E-state index is 12.7. The zero-order valence-corrected chi connectivity index (χ0v) is 9.96. The maximum Gasteiger partial charge on any atom is 0.282 e. The van der Waals surface area contributed by atoms with E-state index in [4.69, 9.17) is 0 Å². The Balaban J connectivity index is 2.45. The molecule has 5 nitrogen and oxygen atoms in total. The average Bonchev–Trinajstić information content (AvgIpc) is 2.64. The first-order valence-electron chi connectivity index (χ1n) is 4.22. The highest BCUT2D eigenvalue weighted by molar-refractivity contribution is 14.1. The lowest BCUT2D eigenvalue weighted by Crippen LogP contribution is -1.97. The fourth-order valence-corrected chi connectivity index (χ4v) is 1.92. The van der Waals surface area contributed by atoms with E-state index < -0.39 is 10.7 Å². The molecule has 0 saturated heterocycles. The van der Waals surface area contributed by atoms with E-state index in [-0.39, 0.29) is 5.69 Å². The van der Waals surface area contributed by atoms with Crippen LogP contribution in [0, 0.1) is 19.5 Å². The summed E-state index contributed by atoms with van der Waals surface area (Å²) >= 11 is 1.86. The molecule has 0 unspecified atom stereocenters. The Bertz CT molecular complexity index is 555. The molecule has 7 heteroatoms. The van der Waals surface area contributed by atoms with E-state index in [0.717, 1.165) is 6.20 Å². The summed E-state index contributed by atoms with van der Waals surface area (Å²) in [5.41, 5.74) is 0.607. The number of nitrogens with zero attached hydrogens (tertiary/aromatic N) is 3. The van der Waals surface area contributed by atoms with Crippen molar-refractivity contribution in [2.24, 2.45) is 0 Å². The summed E-state index contributed by atoms with van der Waals surface area (Å²) < 4.78 is 14.5. The fourth-order valence-electron chi connectivity index (χ4n) is 1.23. The normalized spacial score (nSPS) is 10.4. The van der Waals surface area contributed by atoms with Gasteiger partial charge in [-0.05, 0) is 34.7 Å². The Hall–Kier alpha value is -1.51. The van der Waals surface area contributed by atoms with Crippen molar-refractivity contribution in [3.8, 4) is 5.69 Å². The van der Waals surface area contributed by atoms with Crippen LogP contribution in [-0.2, 0) is 0 Å². The van der Waals surface area contributed by atoms with Gasteiger partial charge < -0.3 is 0 Å². The summed E-state index contributed by atoms with van der Waals surface area (Å²) in [4.78, 5) is 10.1. The molecule has 0 fully saturated rings. The van der Waals surface area contributed by atoms with E-state index in [1.165, 1.54) is 23.0 Å². The van der Waals surface area contributed by atoms with Crippen molar-refractivity contribution in [1.29, 1.82) is 0 Å². The van der Waals surface area contributed by atoms with Gasteiger partial charge >= 0.3 is 0 Å². The third-order valence-electron chi connectivity index (χ3n) is 1.94. The van der Waals surface area contributed by atoms with Gasteiger partial charge in [0.15, 0.2) is 5.82 Å². The second-order valence-electron chi connectivity index (χ2n) is 3.00. The van der Waals surface area contributed by atoms with Crippen molar-refractivity contribution in [2.45, 2.75) is 0 Å². The quantitative estimate of drug-likeness (QED) is 0.482. The van der Waals surface area contributed by atoms with Crippen molar-refractivity contribution in [1.82, 2.24) is 9.78 Å². The number of benzene rings is 1. The first-order valence-corrected chi connectivity index (χ1v) is 5.30. The first kappa shape index (κ1) is 11.0. The zero-order chi connectivity index (χ0) is 11.7. The van der Waals surface area contributed by atoms with Crippen LogP contribution in [0.1, 0.15) is 0 Å². The van der Waals surface area contributed by atoms with Crippen molar-refractivity contribution in [2.75, 3.05) is 0 Å². The lowest BCUT2D eigenvalue weighted by atomic mass is 10.3. The molecule has 0 bridgehead atoms. The van der Waals surface area contributed by atoms with Crippen LogP contribution < -0.4 is 0 Å². The van der Waals surface area contributed by atoms with E-state index >= 15 is 0 Å². The number of nitro groups is 1. The van der Waals surface area contributed by atoms with Gasteiger partial charge in [0, 0.05) is 6.07 Å². The summed E-state index contributed by atoms with van der Waals surface area (Å²) in [6.07, 6.45) is 2.28. The van der Waals surface area contributed by atoms with Gasteiger partial charge in [0.2, 0.25) is 0 Å². The molecule has 0 aliphatic heterocycles. The number of halogens is 2. The van der Waals surface area contributed by atoms with Gasteiger partial charge in [-0.1, -0.05) is 0 Å². The first-order chi connectivity index (χ1) is 7.58. The van der Waals surface area contributed by atoms with Crippen LogP contribution in [0.2, 0.25) is 0 Å². The summed E-state index contributed by atoms with van der Waals surface area (Å²) in [6, 6.07) is 4.47. The summed E-state index contributed by atoms with van der Waals surface area (Å²) in [7, 11) is 0. The highest BCUT2D eigenvalue weighted by Crippen LogP contribution is 2.23. The predicted octanol–water partition coefficient (Wildman–Crippen LogP) is 2.52. The minimum absolute atomic E-state index is 0.0250. The Kier molecular flexibility index (Phi) is 2.86. The summed E-state index contributed by atoms with van der Waals surface area (Å²) in [5, 5.41) is 14.4. The second-order valence-corrected chi connectivity index (χ2v) is 4.16. The summed E-state index contributed by atoms with van der Waals surface area (Å²) in [6.45, 7) is 0. The molecule has 0 radical (unpaired) electrons. The standard InChI is InChI=1S/C9H5FIN3O2/c10-6-4-12-13(5-6)7-1-2-9(14(15)16)8(11)3-7/h1-5H. The van der Waals surface area contributed by atoms with Gasteiger partial charge in [-0.15, -0.1) is 0 Å². The number of nitro benzene ring substituents is 1. The van der Waals surface area contributed by atoms with Crippen LogP contribution in [0.15, 0.2) is 30.6 Å².